The minimum absolute atomic E-state index is 0.199. The van der Waals surface area contributed by atoms with Crippen LogP contribution in [0.25, 0.3) is 0 Å². The number of aromatic nitrogens is 1. The Morgan fingerprint density at radius 1 is 1.36 bits per heavy atom. The first kappa shape index (κ1) is 11.2. The molecule has 1 aromatic heterocycles. The van der Waals surface area contributed by atoms with E-state index in [9.17, 15) is 0 Å². The second-order valence-electron chi connectivity index (χ2n) is 4.61. The summed E-state index contributed by atoms with van der Waals surface area (Å²) in [6, 6.07) is 6.40. The molecule has 0 bridgehead atoms. The molecule has 0 radical (unpaired) electrons. The van der Waals surface area contributed by atoms with Gasteiger partial charge in [0.2, 0.25) is 0 Å². The van der Waals surface area contributed by atoms with Gasteiger partial charge in [0.1, 0.15) is 0 Å². The van der Waals surface area contributed by atoms with E-state index in [-0.39, 0.29) is 5.41 Å². The Hall–Kier alpha value is -0.890. The lowest BCUT2D eigenvalue weighted by atomic mass is 9.84. The Bertz CT molecular complexity index is 261. The molecule has 78 valence electrons. The van der Waals surface area contributed by atoms with Crippen molar-refractivity contribution in [1.82, 2.24) is 10.3 Å². The number of pyridine rings is 1. The Balaban J connectivity index is 2.89. The zero-order valence-corrected chi connectivity index (χ0v) is 9.54. The van der Waals surface area contributed by atoms with Gasteiger partial charge in [0.15, 0.2) is 0 Å². The number of hydrogen-bond donors (Lipinski definition) is 1. The third-order valence-corrected chi connectivity index (χ3v) is 2.26. The summed E-state index contributed by atoms with van der Waals surface area (Å²) >= 11 is 0. The molecular formula is C12H20N2. The van der Waals surface area contributed by atoms with E-state index in [2.05, 4.69) is 44.1 Å². The third-order valence-electron chi connectivity index (χ3n) is 2.26. The van der Waals surface area contributed by atoms with Crippen LogP contribution >= 0.6 is 0 Å². The molecule has 1 heterocycles. The van der Waals surface area contributed by atoms with Gasteiger partial charge in [-0.2, -0.15) is 0 Å². The summed E-state index contributed by atoms with van der Waals surface area (Å²) in [5.41, 5.74) is 1.33. The van der Waals surface area contributed by atoms with E-state index in [0.29, 0.717) is 6.04 Å². The molecular weight excluding hydrogens is 172 g/mol. The van der Waals surface area contributed by atoms with Crippen molar-refractivity contribution < 1.29 is 0 Å². The van der Waals surface area contributed by atoms with Crippen molar-refractivity contribution in [2.24, 2.45) is 5.41 Å². The van der Waals surface area contributed by atoms with Crippen LogP contribution in [0.2, 0.25) is 0 Å². The van der Waals surface area contributed by atoms with Crippen LogP contribution in [0.5, 0.6) is 0 Å². The molecule has 1 unspecified atom stereocenters. The third kappa shape index (κ3) is 2.81. The SMILES string of the molecule is CCNC(c1ccccn1)C(C)(C)C. The highest BCUT2D eigenvalue weighted by molar-refractivity contribution is 5.11. The second kappa shape index (κ2) is 4.56. The summed E-state index contributed by atoms with van der Waals surface area (Å²) in [5.74, 6) is 0. The van der Waals surface area contributed by atoms with Crippen molar-refractivity contribution in [3.8, 4) is 0 Å². The fraction of sp³-hybridized carbons (Fsp3) is 0.583. The van der Waals surface area contributed by atoms with Crippen LogP contribution in [0.4, 0.5) is 0 Å². The first-order valence-electron chi connectivity index (χ1n) is 5.20. The fourth-order valence-corrected chi connectivity index (χ4v) is 1.61. The van der Waals surface area contributed by atoms with Gasteiger partial charge >= 0.3 is 0 Å². The van der Waals surface area contributed by atoms with Gasteiger partial charge in [-0.15, -0.1) is 0 Å². The molecule has 0 aliphatic carbocycles. The van der Waals surface area contributed by atoms with E-state index in [1.165, 1.54) is 0 Å². The summed E-state index contributed by atoms with van der Waals surface area (Å²) in [6.07, 6.45) is 1.85. The molecule has 1 rings (SSSR count). The van der Waals surface area contributed by atoms with E-state index in [4.69, 9.17) is 0 Å². The lowest BCUT2D eigenvalue weighted by molar-refractivity contribution is 0.271. The standard InChI is InChI=1S/C12H20N2/c1-5-13-11(12(2,3)4)10-8-6-7-9-14-10/h6-9,11,13H,5H2,1-4H3. The molecule has 1 aromatic rings. The molecule has 0 aliphatic heterocycles. The fourth-order valence-electron chi connectivity index (χ4n) is 1.61. The summed E-state index contributed by atoms with van der Waals surface area (Å²) in [6.45, 7) is 9.79. The van der Waals surface area contributed by atoms with Crippen LogP contribution in [-0.2, 0) is 0 Å². The predicted octanol–water partition coefficient (Wildman–Crippen LogP) is 2.78. The maximum Gasteiger partial charge on any atom is 0.0578 e. The maximum absolute atomic E-state index is 4.40. The highest BCUT2D eigenvalue weighted by Crippen LogP contribution is 2.31. The molecule has 0 aromatic carbocycles. The number of nitrogens with one attached hydrogen (secondary N) is 1. The second-order valence-corrected chi connectivity index (χ2v) is 4.61. The molecule has 0 saturated carbocycles. The largest absolute Gasteiger partial charge is 0.308 e. The average molecular weight is 192 g/mol. The molecule has 2 heteroatoms. The number of hydrogen-bond acceptors (Lipinski definition) is 2. The van der Waals surface area contributed by atoms with Gasteiger partial charge in [0, 0.05) is 6.20 Å². The van der Waals surface area contributed by atoms with Crippen LogP contribution in [0.1, 0.15) is 39.4 Å². The lowest BCUT2D eigenvalue weighted by Crippen LogP contribution is -2.32. The van der Waals surface area contributed by atoms with E-state index in [1.54, 1.807) is 0 Å². The zero-order chi connectivity index (χ0) is 10.6. The van der Waals surface area contributed by atoms with Crippen molar-refractivity contribution in [3.05, 3.63) is 30.1 Å². The highest BCUT2D eigenvalue weighted by Gasteiger charge is 2.25. The van der Waals surface area contributed by atoms with Crippen LogP contribution in [0, 0.1) is 5.41 Å². The normalized spacial score (nSPS) is 14.0. The van der Waals surface area contributed by atoms with Gasteiger partial charge in [-0.25, -0.2) is 0 Å². The zero-order valence-electron chi connectivity index (χ0n) is 9.54. The average Bonchev–Trinajstić information content (AvgIpc) is 2.14. The molecule has 0 amide bonds. The molecule has 2 nitrogen and oxygen atoms in total. The van der Waals surface area contributed by atoms with Gasteiger partial charge in [-0.05, 0) is 24.1 Å². The van der Waals surface area contributed by atoms with Crippen LogP contribution in [0.3, 0.4) is 0 Å². The Morgan fingerprint density at radius 3 is 2.50 bits per heavy atom. The smallest absolute Gasteiger partial charge is 0.0578 e. The van der Waals surface area contributed by atoms with Crippen LogP contribution in [-0.4, -0.2) is 11.5 Å². The molecule has 1 atom stereocenters. The highest BCUT2D eigenvalue weighted by atomic mass is 14.9. The Labute approximate surface area is 86.8 Å². The topological polar surface area (TPSA) is 24.9 Å². The van der Waals surface area contributed by atoms with Gasteiger partial charge in [-0.1, -0.05) is 33.8 Å². The summed E-state index contributed by atoms with van der Waals surface area (Å²) in [7, 11) is 0. The first-order valence-corrected chi connectivity index (χ1v) is 5.20. The van der Waals surface area contributed by atoms with Gasteiger partial charge in [0.05, 0.1) is 11.7 Å². The van der Waals surface area contributed by atoms with Gasteiger partial charge in [0.25, 0.3) is 0 Å². The van der Waals surface area contributed by atoms with Crippen LogP contribution in [0.15, 0.2) is 24.4 Å². The minimum atomic E-state index is 0.199. The van der Waals surface area contributed by atoms with Crippen molar-refractivity contribution >= 4 is 0 Å². The van der Waals surface area contributed by atoms with Gasteiger partial charge < -0.3 is 5.32 Å². The van der Waals surface area contributed by atoms with Crippen molar-refractivity contribution in [3.63, 3.8) is 0 Å². The lowest BCUT2D eigenvalue weighted by Gasteiger charge is -2.30. The summed E-state index contributed by atoms with van der Waals surface area (Å²) in [4.78, 5) is 4.40. The molecule has 0 saturated heterocycles. The summed E-state index contributed by atoms with van der Waals surface area (Å²) in [5, 5.41) is 3.48. The summed E-state index contributed by atoms with van der Waals surface area (Å²) < 4.78 is 0. The first-order chi connectivity index (χ1) is 6.55. The monoisotopic (exact) mass is 192 g/mol. The Kier molecular flexibility index (Phi) is 3.64. The van der Waals surface area contributed by atoms with E-state index < -0.39 is 0 Å². The maximum atomic E-state index is 4.40. The predicted molar refractivity (Wildman–Crippen MR) is 60.1 cm³/mol. The van der Waals surface area contributed by atoms with E-state index in [1.807, 2.05) is 18.3 Å². The number of nitrogens with zero attached hydrogens (tertiary/aromatic N) is 1. The quantitative estimate of drug-likeness (QED) is 0.796. The van der Waals surface area contributed by atoms with E-state index >= 15 is 0 Å². The van der Waals surface area contributed by atoms with Crippen molar-refractivity contribution in [2.75, 3.05) is 6.54 Å². The molecule has 0 aliphatic rings. The molecule has 1 N–H and O–H groups in total. The van der Waals surface area contributed by atoms with Crippen molar-refractivity contribution in [2.45, 2.75) is 33.7 Å². The molecule has 0 spiro atoms. The molecule has 0 fully saturated rings. The van der Waals surface area contributed by atoms with Gasteiger partial charge in [-0.3, -0.25) is 4.98 Å². The molecule has 14 heavy (non-hydrogen) atoms. The van der Waals surface area contributed by atoms with Crippen molar-refractivity contribution in [1.29, 1.82) is 0 Å². The number of rotatable bonds is 3. The van der Waals surface area contributed by atoms with E-state index in [0.717, 1.165) is 12.2 Å². The minimum Gasteiger partial charge on any atom is -0.308 e. The Morgan fingerprint density at radius 2 is 2.07 bits per heavy atom. The van der Waals surface area contributed by atoms with Crippen LogP contribution < -0.4 is 5.32 Å².